The van der Waals surface area contributed by atoms with E-state index in [9.17, 15) is 0 Å². The standard InChI is InChI=1S/C11H22N4O/c1-5-11(16-4)10(13-12)7-9-6-8(2)14-15(9)3/h6,10-11,13H,5,7,12H2,1-4H3. The van der Waals surface area contributed by atoms with Crippen LogP contribution in [0.15, 0.2) is 6.07 Å². The van der Waals surface area contributed by atoms with Crippen LogP contribution in [-0.2, 0) is 18.2 Å². The van der Waals surface area contributed by atoms with Gasteiger partial charge in [-0.2, -0.15) is 5.10 Å². The van der Waals surface area contributed by atoms with Crippen LogP contribution in [0.4, 0.5) is 0 Å². The molecule has 0 spiro atoms. The first-order valence-electron chi connectivity index (χ1n) is 5.60. The fourth-order valence-corrected chi connectivity index (χ4v) is 1.99. The van der Waals surface area contributed by atoms with Gasteiger partial charge in [0.2, 0.25) is 0 Å². The van der Waals surface area contributed by atoms with Crippen molar-refractivity contribution in [2.75, 3.05) is 7.11 Å². The molecule has 16 heavy (non-hydrogen) atoms. The second-order valence-corrected chi connectivity index (χ2v) is 4.06. The Bertz CT molecular complexity index is 320. The topological polar surface area (TPSA) is 65.1 Å². The predicted octanol–water partition coefficient (Wildman–Crippen LogP) is 0.528. The summed E-state index contributed by atoms with van der Waals surface area (Å²) in [7, 11) is 3.66. The maximum atomic E-state index is 5.57. The van der Waals surface area contributed by atoms with Crippen molar-refractivity contribution in [1.82, 2.24) is 15.2 Å². The lowest BCUT2D eigenvalue weighted by Crippen LogP contribution is -2.46. The highest BCUT2D eigenvalue weighted by Crippen LogP contribution is 2.11. The highest BCUT2D eigenvalue weighted by molar-refractivity contribution is 5.10. The number of methoxy groups -OCH3 is 1. The minimum atomic E-state index is 0.116. The molecule has 0 saturated heterocycles. The van der Waals surface area contributed by atoms with Gasteiger partial charge in [-0.1, -0.05) is 6.92 Å². The van der Waals surface area contributed by atoms with Gasteiger partial charge < -0.3 is 4.74 Å². The number of nitrogens with two attached hydrogens (primary N) is 1. The van der Waals surface area contributed by atoms with Crippen molar-refractivity contribution in [2.24, 2.45) is 12.9 Å². The molecule has 3 N–H and O–H groups in total. The van der Waals surface area contributed by atoms with Crippen molar-refractivity contribution < 1.29 is 4.74 Å². The molecule has 0 aliphatic rings. The quantitative estimate of drug-likeness (QED) is 0.548. The number of hydrogen-bond acceptors (Lipinski definition) is 4. The van der Waals surface area contributed by atoms with Gasteiger partial charge in [0.15, 0.2) is 0 Å². The Balaban J connectivity index is 2.73. The molecular formula is C11H22N4O. The van der Waals surface area contributed by atoms with Crippen LogP contribution in [0.5, 0.6) is 0 Å². The summed E-state index contributed by atoms with van der Waals surface area (Å²) >= 11 is 0. The van der Waals surface area contributed by atoms with Crippen molar-refractivity contribution >= 4 is 0 Å². The molecule has 5 nitrogen and oxygen atoms in total. The molecule has 92 valence electrons. The second-order valence-electron chi connectivity index (χ2n) is 4.06. The number of ether oxygens (including phenoxy) is 1. The number of rotatable bonds is 6. The normalized spacial score (nSPS) is 15.1. The van der Waals surface area contributed by atoms with E-state index in [4.69, 9.17) is 10.6 Å². The third kappa shape index (κ3) is 3.04. The smallest absolute Gasteiger partial charge is 0.0738 e. The molecule has 0 fully saturated rings. The SMILES string of the molecule is CCC(OC)C(Cc1cc(C)nn1C)NN. The van der Waals surface area contributed by atoms with Gasteiger partial charge in [0.25, 0.3) is 0 Å². The van der Waals surface area contributed by atoms with Crippen molar-refractivity contribution in [2.45, 2.75) is 38.8 Å². The zero-order valence-electron chi connectivity index (χ0n) is 10.5. The monoisotopic (exact) mass is 226 g/mol. The summed E-state index contributed by atoms with van der Waals surface area (Å²) in [5.74, 6) is 5.57. The van der Waals surface area contributed by atoms with E-state index < -0.39 is 0 Å². The van der Waals surface area contributed by atoms with Crippen LogP contribution in [0, 0.1) is 6.92 Å². The minimum absolute atomic E-state index is 0.116. The van der Waals surface area contributed by atoms with Crippen molar-refractivity contribution in [1.29, 1.82) is 0 Å². The lowest BCUT2D eigenvalue weighted by molar-refractivity contribution is 0.0648. The summed E-state index contributed by atoms with van der Waals surface area (Å²) in [6, 6.07) is 2.19. The highest BCUT2D eigenvalue weighted by Gasteiger charge is 2.20. The first-order valence-corrected chi connectivity index (χ1v) is 5.60. The zero-order valence-corrected chi connectivity index (χ0v) is 10.5. The Morgan fingerprint density at radius 3 is 2.69 bits per heavy atom. The first kappa shape index (κ1) is 13.2. The molecule has 0 aliphatic carbocycles. The Hall–Kier alpha value is -0.910. The zero-order chi connectivity index (χ0) is 12.1. The molecule has 2 atom stereocenters. The fraction of sp³-hybridized carbons (Fsp3) is 0.727. The maximum Gasteiger partial charge on any atom is 0.0738 e. The Morgan fingerprint density at radius 2 is 2.31 bits per heavy atom. The van der Waals surface area contributed by atoms with E-state index in [-0.39, 0.29) is 12.1 Å². The average Bonchev–Trinajstić information content (AvgIpc) is 2.57. The van der Waals surface area contributed by atoms with Gasteiger partial charge in [0, 0.05) is 26.3 Å². The molecule has 0 aromatic carbocycles. The molecule has 1 rings (SSSR count). The fourth-order valence-electron chi connectivity index (χ4n) is 1.99. The number of aryl methyl sites for hydroxylation is 2. The molecule has 0 saturated carbocycles. The summed E-state index contributed by atoms with van der Waals surface area (Å²) in [5, 5.41) is 4.32. The van der Waals surface area contributed by atoms with E-state index in [0.29, 0.717) is 0 Å². The van der Waals surface area contributed by atoms with Crippen LogP contribution in [0.3, 0.4) is 0 Å². The Labute approximate surface area is 96.9 Å². The summed E-state index contributed by atoms with van der Waals surface area (Å²) in [6.07, 6.45) is 1.88. The minimum Gasteiger partial charge on any atom is -0.380 e. The Morgan fingerprint density at radius 1 is 1.62 bits per heavy atom. The van der Waals surface area contributed by atoms with Crippen molar-refractivity contribution in [3.8, 4) is 0 Å². The van der Waals surface area contributed by atoms with Crippen LogP contribution in [-0.4, -0.2) is 29.0 Å². The van der Waals surface area contributed by atoms with Crippen LogP contribution in [0.1, 0.15) is 24.7 Å². The van der Waals surface area contributed by atoms with Gasteiger partial charge in [0.1, 0.15) is 0 Å². The molecule has 0 radical (unpaired) electrons. The molecule has 0 amide bonds. The van der Waals surface area contributed by atoms with Crippen LogP contribution in [0.25, 0.3) is 0 Å². The third-order valence-corrected chi connectivity index (χ3v) is 2.90. The largest absolute Gasteiger partial charge is 0.380 e. The summed E-state index contributed by atoms with van der Waals surface area (Å²) in [5.41, 5.74) is 5.01. The van der Waals surface area contributed by atoms with E-state index in [1.807, 2.05) is 18.7 Å². The summed E-state index contributed by atoms with van der Waals surface area (Å²) in [4.78, 5) is 0. The average molecular weight is 226 g/mol. The second kappa shape index (κ2) is 5.98. The van der Waals surface area contributed by atoms with E-state index in [0.717, 1.165) is 24.2 Å². The first-order chi connectivity index (χ1) is 7.62. The van der Waals surface area contributed by atoms with Gasteiger partial charge >= 0.3 is 0 Å². The molecule has 1 aromatic rings. The van der Waals surface area contributed by atoms with Gasteiger partial charge in [-0.15, -0.1) is 0 Å². The van der Waals surface area contributed by atoms with Crippen LogP contribution >= 0.6 is 0 Å². The Kier molecular flexibility index (Phi) is 4.92. The number of hydrogen-bond donors (Lipinski definition) is 2. The molecule has 2 unspecified atom stereocenters. The van der Waals surface area contributed by atoms with Crippen LogP contribution < -0.4 is 11.3 Å². The molecule has 1 aromatic heterocycles. The predicted molar refractivity (Wildman–Crippen MR) is 63.8 cm³/mol. The maximum absolute atomic E-state index is 5.57. The highest BCUT2D eigenvalue weighted by atomic mass is 16.5. The molecule has 0 bridgehead atoms. The van der Waals surface area contributed by atoms with Gasteiger partial charge in [-0.25, -0.2) is 0 Å². The van der Waals surface area contributed by atoms with Crippen molar-refractivity contribution in [3.63, 3.8) is 0 Å². The van der Waals surface area contributed by atoms with Gasteiger partial charge in [-0.3, -0.25) is 16.0 Å². The summed E-state index contributed by atoms with van der Waals surface area (Å²) < 4.78 is 7.29. The number of nitrogens with one attached hydrogen (secondary N) is 1. The van der Waals surface area contributed by atoms with E-state index in [1.165, 1.54) is 0 Å². The van der Waals surface area contributed by atoms with Gasteiger partial charge in [-0.05, 0) is 19.4 Å². The van der Waals surface area contributed by atoms with Gasteiger partial charge in [0.05, 0.1) is 17.8 Å². The number of nitrogens with zero attached hydrogens (tertiary/aromatic N) is 2. The molecular weight excluding hydrogens is 204 g/mol. The third-order valence-electron chi connectivity index (χ3n) is 2.90. The number of aromatic nitrogens is 2. The van der Waals surface area contributed by atoms with E-state index >= 15 is 0 Å². The molecule has 1 heterocycles. The number of hydrazine groups is 1. The van der Waals surface area contributed by atoms with E-state index in [2.05, 4.69) is 23.5 Å². The molecule has 5 heteroatoms. The lowest BCUT2D eigenvalue weighted by atomic mass is 10.0. The molecule has 0 aliphatic heterocycles. The summed E-state index contributed by atoms with van der Waals surface area (Å²) in [6.45, 7) is 4.08. The lowest BCUT2D eigenvalue weighted by Gasteiger charge is -2.24. The van der Waals surface area contributed by atoms with Crippen molar-refractivity contribution in [3.05, 3.63) is 17.5 Å². The van der Waals surface area contributed by atoms with E-state index in [1.54, 1.807) is 7.11 Å². The van der Waals surface area contributed by atoms with Crippen LogP contribution in [0.2, 0.25) is 0 Å².